The van der Waals surface area contributed by atoms with E-state index < -0.39 is 4.51 Å². The second kappa shape index (κ2) is 5.30. The predicted octanol–water partition coefficient (Wildman–Crippen LogP) is 3.55. The van der Waals surface area contributed by atoms with Crippen molar-refractivity contribution in [1.29, 1.82) is 0 Å². The van der Waals surface area contributed by atoms with Gasteiger partial charge in [0, 0.05) is 0 Å². The van der Waals surface area contributed by atoms with Crippen LogP contribution in [0.25, 0.3) is 6.08 Å². The molecule has 0 saturated heterocycles. The minimum Gasteiger partial charge on any atom is -0.448 e. The molecular formula is C13H15BrO2. The average Bonchev–Trinajstić information content (AvgIpc) is 2.16. The van der Waals surface area contributed by atoms with Crippen LogP contribution in [0, 0.1) is 0 Å². The van der Waals surface area contributed by atoms with Crippen LogP contribution < -0.4 is 0 Å². The summed E-state index contributed by atoms with van der Waals surface area (Å²) >= 11 is 3.26. The maximum absolute atomic E-state index is 11.5. The van der Waals surface area contributed by atoms with Gasteiger partial charge in [0.05, 0.1) is 6.42 Å². The van der Waals surface area contributed by atoms with E-state index in [2.05, 4.69) is 22.5 Å². The first kappa shape index (κ1) is 13.0. The maximum Gasteiger partial charge on any atom is 0.311 e. The third-order valence-corrected chi connectivity index (χ3v) is 2.08. The van der Waals surface area contributed by atoms with Gasteiger partial charge in [-0.05, 0) is 40.9 Å². The molecule has 0 unspecified atom stereocenters. The van der Waals surface area contributed by atoms with E-state index >= 15 is 0 Å². The summed E-state index contributed by atoms with van der Waals surface area (Å²) in [5.41, 5.74) is 1.98. The molecule has 0 aliphatic carbocycles. The van der Waals surface area contributed by atoms with Gasteiger partial charge in [0.1, 0.15) is 0 Å². The SMILES string of the molecule is C=Cc1ccc(CC(=O)OC(C)(C)Br)cc1. The number of carbonyl (C=O) groups excluding carboxylic acids is 1. The second-order valence-corrected chi connectivity index (χ2v) is 5.87. The monoisotopic (exact) mass is 282 g/mol. The van der Waals surface area contributed by atoms with E-state index in [1.807, 2.05) is 24.3 Å². The lowest BCUT2D eigenvalue weighted by Crippen LogP contribution is -2.21. The Hall–Kier alpha value is -1.09. The number of halogens is 1. The fraction of sp³-hybridized carbons (Fsp3) is 0.308. The minimum atomic E-state index is -0.606. The molecular weight excluding hydrogens is 268 g/mol. The smallest absolute Gasteiger partial charge is 0.311 e. The molecule has 0 N–H and O–H groups in total. The molecule has 0 radical (unpaired) electrons. The molecule has 1 rings (SSSR count). The van der Waals surface area contributed by atoms with Crippen LogP contribution in [-0.2, 0) is 16.0 Å². The molecule has 0 bridgehead atoms. The van der Waals surface area contributed by atoms with Gasteiger partial charge >= 0.3 is 5.97 Å². The van der Waals surface area contributed by atoms with E-state index in [4.69, 9.17) is 4.74 Å². The van der Waals surface area contributed by atoms with Gasteiger partial charge in [0.2, 0.25) is 0 Å². The highest BCUT2D eigenvalue weighted by molar-refractivity contribution is 9.10. The first-order chi connectivity index (χ1) is 7.40. The Labute approximate surface area is 104 Å². The quantitative estimate of drug-likeness (QED) is 0.624. The fourth-order valence-corrected chi connectivity index (χ4v) is 1.43. The lowest BCUT2D eigenvalue weighted by molar-refractivity contribution is -0.148. The van der Waals surface area contributed by atoms with E-state index in [0.717, 1.165) is 11.1 Å². The fourth-order valence-electron chi connectivity index (χ4n) is 1.25. The molecule has 3 heteroatoms. The highest BCUT2D eigenvalue weighted by atomic mass is 79.9. The largest absolute Gasteiger partial charge is 0.448 e. The topological polar surface area (TPSA) is 26.3 Å². The summed E-state index contributed by atoms with van der Waals surface area (Å²) < 4.78 is 4.55. The molecule has 2 nitrogen and oxygen atoms in total. The van der Waals surface area contributed by atoms with E-state index in [1.165, 1.54) is 0 Å². The highest BCUT2D eigenvalue weighted by Gasteiger charge is 2.18. The molecule has 0 saturated carbocycles. The van der Waals surface area contributed by atoms with Gasteiger partial charge in [-0.2, -0.15) is 0 Å². The Kier molecular flexibility index (Phi) is 4.30. The molecule has 0 atom stereocenters. The molecule has 0 spiro atoms. The standard InChI is InChI=1S/C13H15BrO2/c1-4-10-5-7-11(8-6-10)9-12(15)16-13(2,3)14/h4-8H,1,9H2,2-3H3. The molecule has 0 fully saturated rings. The van der Waals surface area contributed by atoms with Gasteiger partial charge in [-0.15, -0.1) is 0 Å². The molecule has 0 heterocycles. The van der Waals surface area contributed by atoms with Gasteiger partial charge in [-0.3, -0.25) is 4.79 Å². The van der Waals surface area contributed by atoms with Gasteiger partial charge in [0.15, 0.2) is 4.51 Å². The van der Waals surface area contributed by atoms with Crippen molar-refractivity contribution in [2.75, 3.05) is 0 Å². The summed E-state index contributed by atoms with van der Waals surface area (Å²) in [4.78, 5) is 11.5. The minimum absolute atomic E-state index is 0.242. The zero-order valence-electron chi connectivity index (χ0n) is 9.50. The number of esters is 1. The number of carbonyl (C=O) groups is 1. The van der Waals surface area contributed by atoms with E-state index in [1.54, 1.807) is 19.9 Å². The summed E-state index contributed by atoms with van der Waals surface area (Å²) in [6, 6.07) is 7.66. The molecule has 0 aliphatic rings. The first-order valence-corrected chi connectivity index (χ1v) is 5.82. The number of hydrogen-bond acceptors (Lipinski definition) is 2. The Bertz CT molecular complexity index is 374. The van der Waals surface area contributed by atoms with E-state index in [0.29, 0.717) is 0 Å². The molecule has 0 amide bonds. The van der Waals surface area contributed by atoms with Crippen LogP contribution in [-0.4, -0.2) is 10.5 Å². The Morgan fingerprint density at radius 1 is 1.44 bits per heavy atom. The van der Waals surface area contributed by atoms with Crippen LogP contribution >= 0.6 is 15.9 Å². The highest BCUT2D eigenvalue weighted by Crippen LogP contribution is 2.18. The second-order valence-electron chi connectivity index (χ2n) is 3.96. The van der Waals surface area contributed by atoms with E-state index in [-0.39, 0.29) is 12.4 Å². The summed E-state index contributed by atoms with van der Waals surface area (Å²) in [6.07, 6.45) is 2.05. The molecule has 0 aromatic heterocycles. The third-order valence-electron chi connectivity index (χ3n) is 1.92. The van der Waals surface area contributed by atoms with Crippen molar-refractivity contribution in [2.45, 2.75) is 24.8 Å². The lowest BCUT2D eigenvalue weighted by atomic mass is 10.1. The number of ether oxygens (including phenoxy) is 1. The van der Waals surface area contributed by atoms with Crippen molar-refractivity contribution in [1.82, 2.24) is 0 Å². The van der Waals surface area contributed by atoms with Crippen LogP contribution in [0.3, 0.4) is 0 Å². The molecule has 0 aliphatic heterocycles. The Balaban J connectivity index is 2.59. The summed E-state index contributed by atoms with van der Waals surface area (Å²) in [6.45, 7) is 7.24. The number of benzene rings is 1. The Morgan fingerprint density at radius 2 is 2.00 bits per heavy atom. The van der Waals surface area contributed by atoms with Gasteiger partial charge < -0.3 is 4.74 Å². The van der Waals surface area contributed by atoms with Crippen LogP contribution in [0.4, 0.5) is 0 Å². The molecule has 1 aromatic carbocycles. The average molecular weight is 283 g/mol. The van der Waals surface area contributed by atoms with E-state index in [9.17, 15) is 4.79 Å². The number of hydrogen-bond donors (Lipinski definition) is 0. The van der Waals surface area contributed by atoms with Crippen molar-refractivity contribution in [2.24, 2.45) is 0 Å². The van der Waals surface area contributed by atoms with Crippen LogP contribution in [0.5, 0.6) is 0 Å². The molecule has 1 aromatic rings. The lowest BCUT2D eigenvalue weighted by Gasteiger charge is -2.17. The zero-order chi connectivity index (χ0) is 12.2. The Morgan fingerprint density at radius 3 is 2.44 bits per heavy atom. The van der Waals surface area contributed by atoms with Crippen molar-refractivity contribution >= 4 is 28.0 Å². The summed E-state index contributed by atoms with van der Waals surface area (Å²) in [7, 11) is 0. The summed E-state index contributed by atoms with van der Waals surface area (Å²) in [5.74, 6) is -0.242. The number of alkyl halides is 1. The zero-order valence-corrected chi connectivity index (χ0v) is 11.1. The van der Waals surface area contributed by atoms with Crippen LogP contribution in [0.2, 0.25) is 0 Å². The van der Waals surface area contributed by atoms with Crippen molar-refractivity contribution in [3.05, 3.63) is 42.0 Å². The van der Waals surface area contributed by atoms with Gasteiger partial charge in [-0.25, -0.2) is 0 Å². The number of rotatable bonds is 4. The van der Waals surface area contributed by atoms with Crippen LogP contribution in [0.15, 0.2) is 30.8 Å². The van der Waals surface area contributed by atoms with Crippen molar-refractivity contribution in [3.8, 4) is 0 Å². The van der Waals surface area contributed by atoms with Crippen LogP contribution in [0.1, 0.15) is 25.0 Å². The van der Waals surface area contributed by atoms with Crippen molar-refractivity contribution in [3.63, 3.8) is 0 Å². The first-order valence-electron chi connectivity index (χ1n) is 5.03. The third kappa shape index (κ3) is 4.62. The summed E-state index contributed by atoms with van der Waals surface area (Å²) in [5, 5.41) is 0. The van der Waals surface area contributed by atoms with Gasteiger partial charge in [-0.1, -0.05) is 36.9 Å². The molecule has 16 heavy (non-hydrogen) atoms. The normalized spacial score (nSPS) is 10.9. The molecule has 86 valence electrons. The maximum atomic E-state index is 11.5. The van der Waals surface area contributed by atoms with Gasteiger partial charge in [0.25, 0.3) is 0 Å². The van der Waals surface area contributed by atoms with Crippen molar-refractivity contribution < 1.29 is 9.53 Å². The predicted molar refractivity (Wildman–Crippen MR) is 69.3 cm³/mol.